The Morgan fingerprint density at radius 1 is 0.296 bits per heavy atom. The number of aromatic nitrogens is 2. The van der Waals surface area contributed by atoms with Gasteiger partial charge in [0.25, 0.3) is 0 Å². The molecule has 11 rings (SSSR count). The van der Waals surface area contributed by atoms with Crippen LogP contribution < -0.4 is 0 Å². The molecule has 0 atom stereocenters. The number of hydrogen-bond donors (Lipinski definition) is 0. The first-order valence-corrected chi connectivity index (χ1v) is 18.5. The topological polar surface area (TPSA) is 25.8 Å². The maximum Gasteiger partial charge on any atom is 0.0787 e. The summed E-state index contributed by atoms with van der Waals surface area (Å²) in [5.74, 6) is 0. The van der Waals surface area contributed by atoms with E-state index in [0.717, 1.165) is 44.2 Å². The van der Waals surface area contributed by atoms with Gasteiger partial charge in [0.1, 0.15) is 0 Å². The number of pyridine rings is 2. The standard InChI is InChI=1S/C52H32N2/c1-4-18-37-33(13-1)16-9-23-40(37)50-42-21-7-8-22-43(42)51(41-24-10-17-34-14-2-5-19-38(34)41)47-32-36(28-29-44(47)50)48-26-11-27-49(54-48)46-31-35-15-3-6-20-39(35)52-45(46)25-12-30-53-52/h1-32H. The third-order valence-electron chi connectivity index (χ3n) is 11.1. The minimum Gasteiger partial charge on any atom is -0.256 e. The van der Waals surface area contributed by atoms with Gasteiger partial charge in [0.15, 0.2) is 0 Å². The van der Waals surface area contributed by atoms with Crippen LogP contribution in [0.25, 0.3) is 110 Å². The average Bonchev–Trinajstić information content (AvgIpc) is 3.25. The van der Waals surface area contributed by atoms with Gasteiger partial charge in [-0.25, -0.2) is 4.98 Å². The largest absolute Gasteiger partial charge is 0.256 e. The first-order chi connectivity index (χ1) is 26.8. The Morgan fingerprint density at radius 2 is 0.815 bits per heavy atom. The lowest BCUT2D eigenvalue weighted by atomic mass is 9.83. The quantitative estimate of drug-likeness (QED) is 0.136. The van der Waals surface area contributed by atoms with E-state index in [1.807, 2.05) is 12.3 Å². The molecule has 0 unspecified atom stereocenters. The van der Waals surface area contributed by atoms with Crippen molar-refractivity contribution in [3.05, 3.63) is 194 Å². The Morgan fingerprint density at radius 3 is 1.52 bits per heavy atom. The predicted octanol–water partition coefficient (Wildman–Crippen LogP) is 14.1. The molecule has 250 valence electrons. The second-order valence-corrected chi connectivity index (χ2v) is 14.1. The zero-order chi connectivity index (χ0) is 35.6. The van der Waals surface area contributed by atoms with Gasteiger partial charge in [0.05, 0.1) is 16.9 Å². The van der Waals surface area contributed by atoms with Crippen LogP contribution in [0.1, 0.15) is 0 Å². The van der Waals surface area contributed by atoms with E-state index < -0.39 is 0 Å². The highest BCUT2D eigenvalue weighted by molar-refractivity contribution is 6.25. The summed E-state index contributed by atoms with van der Waals surface area (Å²) in [5, 5.41) is 13.3. The zero-order valence-corrected chi connectivity index (χ0v) is 29.4. The molecule has 0 bridgehead atoms. The third kappa shape index (κ3) is 4.74. The molecule has 0 radical (unpaired) electrons. The Kier molecular flexibility index (Phi) is 6.90. The third-order valence-corrected chi connectivity index (χ3v) is 11.1. The van der Waals surface area contributed by atoms with Crippen LogP contribution in [-0.4, -0.2) is 9.97 Å². The molecule has 2 aromatic heterocycles. The highest BCUT2D eigenvalue weighted by Gasteiger charge is 2.20. The lowest BCUT2D eigenvalue weighted by molar-refractivity contribution is 1.33. The Labute approximate surface area is 312 Å². The van der Waals surface area contributed by atoms with Gasteiger partial charge in [0, 0.05) is 28.1 Å². The van der Waals surface area contributed by atoms with Crippen molar-refractivity contribution in [3.63, 3.8) is 0 Å². The van der Waals surface area contributed by atoms with Crippen molar-refractivity contribution < 1.29 is 0 Å². The van der Waals surface area contributed by atoms with Gasteiger partial charge in [-0.15, -0.1) is 0 Å². The van der Waals surface area contributed by atoms with Crippen LogP contribution in [0.2, 0.25) is 0 Å². The molecule has 2 heterocycles. The van der Waals surface area contributed by atoms with Crippen LogP contribution in [0.3, 0.4) is 0 Å². The Balaban J connectivity index is 1.21. The van der Waals surface area contributed by atoms with Crippen LogP contribution in [-0.2, 0) is 0 Å². The number of rotatable bonds is 4. The highest BCUT2D eigenvalue weighted by atomic mass is 14.7. The summed E-state index contributed by atoms with van der Waals surface area (Å²) in [6.45, 7) is 0. The van der Waals surface area contributed by atoms with E-state index in [2.05, 4.69) is 182 Å². The van der Waals surface area contributed by atoms with Crippen molar-refractivity contribution in [2.75, 3.05) is 0 Å². The predicted molar refractivity (Wildman–Crippen MR) is 229 cm³/mol. The van der Waals surface area contributed by atoms with Gasteiger partial charge in [-0.1, -0.05) is 158 Å². The molecule has 9 aromatic carbocycles. The van der Waals surface area contributed by atoms with Gasteiger partial charge in [-0.3, -0.25) is 4.98 Å². The van der Waals surface area contributed by atoms with Crippen molar-refractivity contribution in [1.82, 2.24) is 9.97 Å². The molecule has 2 heteroatoms. The maximum atomic E-state index is 5.39. The van der Waals surface area contributed by atoms with Crippen LogP contribution in [0.15, 0.2) is 194 Å². The second-order valence-electron chi connectivity index (χ2n) is 14.1. The Bertz CT molecular complexity index is 3280. The monoisotopic (exact) mass is 684 g/mol. The van der Waals surface area contributed by atoms with Crippen molar-refractivity contribution >= 4 is 64.8 Å². The molecule has 0 aliphatic heterocycles. The van der Waals surface area contributed by atoms with Gasteiger partial charge in [-0.2, -0.15) is 0 Å². The summed E-state index contributed by atoms with van der Waals surface area (Å²) >= 11 is 0. The van der Waals surface area contributed by atoms with Crippen molar-refractivity contribution in [2.24, 2.45) is 0 Å². The fourth-order valence-electron chi connectivity index (χ4n) is 8.67. The van der Waals surface area contributed by atoms with Crippen LogP contribution >= 0.6 is 0 Å². The first kappa shape index (κ1) is 30.5. The lowest BCUT2D eigenvalue weighted by Crippen LogP contribution is -1.94. The van der Waals surface area contributed by atoms with Crippen molar-refractivity contribution in [2.45, 2.75) is 0 Å². The van der Waals surface area contributed by atoms with Gasteiger partial charge in [-0.05, 0) is 101 Å². The molecular weight excluding hydrogens is 653 g/mol. The summed E-state index contributed by atoms with van der Waals surface area (Å²) in [6, 6.07) is 68.0. The Hall–Kier alpha value is -7.16. The molecule has 0 fully saturated rings. The first-order valence-electron chi connectivity index (χ1n) is 18.5. The fraction of sp³-hybridized carbons (Fsp3) is 0. The summed E-state index contributed by atoms with van der Waals surface area (Å²) in [6.07, 6.45) is 1.88. The van der Waals surface area contributed by atoms with Crippen molar-refractivity contribution in [3.8, 4) is 44.8 Å². The molecule has 0 aliphatic carbocycles. The molecular formula is C52H32N2. The zero-order valence-electron chi connectivity index (χ0n) is 29.4. The van der Waals surface area contributed by atoms with Crippen LogP contribution in [0.4, 0.5) is 0 Å². The number of fused-ring (bicyclic) bond motifs is 7. The number of benzene rings is 9. The van der Waals surface area contributed by atoms with Crippen LogP contribution in [0.5, 0.6) is 0 Å². The van der Waals surface area contributed by atoms with E-state index in [1.165, 1.54) is 65.3 Å². The molecule has 11 aromatic rings. The summed E-state index contributed by atoms with van der Waals surface area (Å²) < 4.78 is 0. The van der Waals surface area contributed by atoms with Gasteiger partial charge < -0.3 is 0 Å². The van der Waals surface area contributed by atoms with E-state index in [9.17, 15) is 0 Å². The number of hydrogen-bond acceptors (Lipinski definition) is 2. The summed E-state index contributed by atoms with van der Waals surface area (Å²) in [7, 11) is 0. The molecule has 0 saturated carbocycles. The van der Waals surface area contributed by atoms with E-state index in [1.54, 1.807) is 0 Å². The molecule has 54 heavy (non-hydrogen) atoms. The smallest absolute Gasteiger partial charge is 0.0787 e. The SMILES string of the molecule is c1cc(-c2ccc3c(-c4cccc5ccccc45)c4ccccc4c(-c4cccc5ccccc45)c3c2)nc(-c2cc3ccccc3c3ncccc23)c1. The van der Waals surface area contributed by atoms with Gasteiger partial charge in [0.2, 0.25) is 0 Å². The molecule has 0 amide bonds. The molecule has 0 N–H and O–H groups in total. The van der Waals surface area contributed by atoms with E-state index in [-0.39, 0.29) is 0 Å². The highest BCUT2D eigenvalue weighted by Crippen LogP contribution is 2.47. The maximum absolute atomic E-state index is 5.39. The van der Waals surface area contributed by atoms with Crippen molar-refractivity contribution in [1.29, 1.82) is 0 Å². The number of nitrogens with zero attached hydrogens (tertiary/aromatic N) is 2. The lowest BCUT2D eigenvalue weighted by Gasteiger charge is -2.20. The molecule has 0 spiro atoms. The average molecular weight is 685 g/mol. The fourth-order valence-corrected chi connectivity index (χ4v) is 8.67. The molecule has 2 nitrogen and oxygen atoms in total. The van der Waals surface area contributed by atoms with E-state index in [4.69, 9.17) is 9.97 Å². The van der Waals surface area contributed by atoms with E-state index in [0.29, 0.717) is 0 Å². The van der Waals surface area contributed by atoms with Gasteiger partial charge >= 0.3 is 0 Å². The summed E-state index contributed by atoms with van der Waals surface area (Å²) in [4.78, 5) is 10.2. The normalized spacial score (nSPS) is 11.7. The van der Waals surface area contributed by atoms with Crippen LogP contribution in [0, 0.1) is 0 Å². The summed E-state index contributed by atoms with van der Waals surface area (Å²) in [5.41, 5.74) is 9.99. The minimum absolute atomic E-state index is 0.931. The second kappa shape index (κ2) is 12.2. The van der Waals surface area contributed by atoms with E-state index >= 15 is 0 Å². The minimum atomic E-state index is 0.931. The molecule has 0 saturated heterocycles. The molecule has 0 aliphatic rings.